The number of nitrogens with one attached hydrogen (secondary N) is 1. The van der Waals surface area contributed by atoms with E-state index < -0.39 is 0 Å². The Morgan fingerprint density at radius 2 is 1.93 bits per heavy atom. The number of hydrogen-bond acceptors (Lipinski definition) is 4. The molecule has 0 spiro atoms. The molecule has 0 aliphatic carbocycles. The largest absolute Gasteiger partial charge is 0.349 e. The third-order valence-corrected chi connectivity index (χ3v) is 5.35. The van der Waals surface area contributed by atoms with Gasteiger partial charge >= 0.3 is 0 Å². The lowest BCUT2D eigenvalue weighted by Gasteiger charge is -2.29. The summed E-state index contributed by atoms with van der Waals surface area (Å²) in [5.74, 6) is -0.0717. The number of piperidine rings is 1. The Morgan fingerprint density at radius 3 is 2.63 bits per heavy atom. The van der Waals surface area contributed by atoms with Crippen molar-refractivity contribution >= 4 is 28.5 Å². The Labute approximate surface area is 163 Å². The van der Waals surface area contributed by atoms with Crippen LogP contribution in [0.2, 0.25) is 5.02 Å². The Hall–Kier alpha value is -2.44. The zero-order valence-corrected chi connectivity index (χ0v) is 16.2. The summed E-state index contributed by atoms with van der Waals surface area (Å²) in [6.07, 6.45) is 3.58. The van der Waals surface area contributed by atoms with Crippen LogP contribution in [0.1, 0.15) is 28.9 Å². The Kier molecular flexibility index (Phi) is 4.85. The zero-order chi connectivity index (χ0) is 19.0. The van der Waals surface area contributed by atoms with E-state index in [1.54, 1.807) is 10.9 Å². The van der Waals surface area contributed by atoms with Gasteiger partial charge in [-0.25, -0.2) is 9.67 Å². The smallest absolute Gasteiger partial charge is 0.253 e. The van der Waals surface area contributed by atoms with Gasteiger partial charge in [0.1, 0.15) is 0 Å². The van der Waals surface area contributed by atoms with Gasteiger partial charge in [0.2, 0.25) is 0 Å². The summed E-state index contributed by atoms with van der Waals surface area (Å²) >= 11 is 5.97. The fourth-order valence-corrected chi connectivity index (χ4v) is 3.58. The maximum atomic E-state index is 12.7. The van der Waals surface area contributed by atoms with E-state index >= 15 is 0 Å². The number of carbonyl (C=O) groups excluding carboxylic acids is 1. The molecule has 6 nitrogen and oxygen atoms in total. The summed E-state index contributed by atoms with van der Waals surface area (Å²) in [7, 11) is 2.11. The van der Waals surface area contributed by atoms with E-state index in [1.165, 1.54) is 0 Å². The monoisotopic (exact) mass is 383 g/mol. The summed E-state index contributed by atoms with van der Waals surface area (Å²) in [5.41, 5.74) is 3.01. The number of rotatable bonds is 3. The molecule has 3 aromatic rings. The van der Waals surface area contributed by atoms with Gasteiger partial charge in [0.25, 0.3) is 5.91 Å². The van der Waals surface area contributed by atoms with E-state index in [0.29, 0.717) is 10.6 Å². The van der Waals surface area contributed by atoms with Crippen LogP contribution in [-0.2, 0) is 0 Å². The molecule has 3 heterocycles. The van der Waals surface area contributed by atoms with Crippen LogP contribution in [0.5, 0.6) is 0 Å². The predicted octanol–water partition coefficient (Wildman–Crippen LogP) is 3.21. The van der Waals surface area contributed by atoms with Crippen LogP contribution in [-0.4, -0.2) is 51.8 Å². The van der Waals surface area contributed by atoms with Crippen molar-refractivity contribution in [2.75, 3.05) is 20.1 Å². The Balaban J connectivity index is 1.60. The van der Waals surface area contributed by atoms with Crippen LogP contribution in [0.3, 0.4) is 0 Å². The van der Waals surface area contributed by atoms with Crippen molar-refractivity contribution in [3.63, 3.8) is 0 Å². The van der Waals surface area contributed by atoms with Crippen molar-refractivity contribution in [2.24, 2.45) is 0 Å². The maximum absolute atomic E-state index is 12.7. The number of hydrogen-bond donors (Lipinski definition) is 1. The zero-order valence-electron chi connectivity index (χ0n) is 15.4. The molecule has 27 heavy (non-hydrogen) atoms. The lowest BCUT2D eigenvalue weighted by Crippen LogP contribution is -2.43. The van der Waals surface area contributed by atoms with E-state index in [-0.39, 0.29) is 11.9 Å². The van der Waals surface area contributed by atoms with E-state index in [9.17, 15) is 4.79 Å². The second kappa shape index (κ2) is 7.29. The lowest BCUT2D eigenvalue weighted by molar-refractivity contribution is 0.0916. The van der Waals surface area contributed by atoms with Crippen molar-refractivity contribution in [3.05, 3.63) is 52.8 Å². The number of pyridine rings is 1. The maximum Gasteiger partial charge on any atom is 0.253 e. The van der Waals surface area contributed by atoms with Crippen LogP contribution in [0, 0.1) is 6.92 Å². The number of carbonyl (C=O) groups is 1. The van der Waals surface area contributed by atoms with Gasteiger partial charge in [0.15, 0.2) is 5.65 Å². The fraction of sp³-hybridized carbons (Fsp3) is 0.350. The van der Waals surface area contributed by atoms with Crippen LogP contribution in [0.4, 0.5) is 0 Å². The predicted molar refractivity (Wildman–Crippen MR) is 107 cm³/mol. The molecule has 140 valence electrons. The van der Waals surface area contributed by atoms with Crippen LogP contribution in [0.15, 0.2) is 36.5 Å². The van der Waals surface area contributed by atoms with Crippen LogP contribution < -0.4 is 5.32 Å². The van der Waals surface area contributed by atoms with Gasteiger partial charge in [0, 0.05) is 22.6 Å². The minimum Gasteiger partial charge on any atom is -0.349 e. The average molecular weight is 384 g/mol. The highest BCUT2D eigenvalue weighted by molar-refractivity contribution is 6.30. The molecular formula is C20H22ClN5O. The third-order valence-electron chi connectivity index (χ3n) is 5.09. The first kappa shape index (κ1) is 17.9. The highest BCUT2D eigenvalue weighted by Crippen LogP contribution is 2.22. The quantitative estimate of drug-likeness (QED) is 0.754. The number of aromatic nitrogens is 3. The Morgan fingerprint density at radius 1 is 1.22 bits per heavy atom. The highest BCUT2D eigenvalue weighted by atomic mass is 35.5. The van der Waals surface area contributed by atoms with Gasteiger partial charge in [-0.05, 0) is 70.2 Å². The number of amides is 1. The van der Waals surface area contributed by atoms with Crippen LogP contribution in [0.25, 0.3) is 16.7 Å². The number of benzene rings is 1. The summed E-state index contributed by atoms with van der Waals surface area (Å²) in [4.78, 5) is 19.5. The van der Waals surface area contributed by atoms with Gasteiger partial charge in [-0.2, -0.15) is 5.10 Å². The Bertz CT molecular complexity index is 974. The van der Waals surface area contributed by atoms with E-state index in [1.807, 2.05) is 37.3 Å². The minimum atomic E-state index is -0.0717. The van der Waals surface area contributed by atoms with Gasteiger partial charge < -0.3 is 10.2 Å². The van der Waals surface area contributed by atoms with Crippen molar-refractivity contribution in [1.82, 2.24) is 25.0 Å². The lowest BCUT2D eigenvalue weighted by atomic mass is 10.0. The highest BCUT2D eigenvalue weighted by Gasteiger charge is 2.20. The molecule has 1 amide bonds. The van der Waals surface area contributed by atoms with Gasteiger partial charge in [0.05, 0.1) is 16.9 Å². The molecule has 0 radical (unpaired) electrons. The van der Waals surface area contributed by atoms with Crippen molar-refractivity contribution in [1.29, 1.82) is 0 Å². The number of aryl methyl sites for hydroxylation is 1. The molecule has 2 aromatic heterocycles. The van der Waals surface area contributed by atoms with Gasteiger partial charge in [-0.15, -0.1) is 0 Å². The number of fused-ring (bicyclic) bond motifs is 1. The van der Waals surface area contributed by atoms with Crippen molar-refractivity contribution < 1.29 is 4.79 Å². The second-order valence-electron chi connectivity index (χ2n) is 7.12. The fourth-order valence-electron chi connectivity index (χ4n) is 3.45. The molecule has 1 N–H and O–H groups in total. The molecule has 4 rings (SSSR count). The third kappa shape index (κ3) is 3.68. The summed E-state index contributed by atoms with van der Waals surface area (Å²) in [5, 5.41) is 9.27. The molecule has 7 heteroatoms. The normalized spacial score (nSPS) is 16.0. The van der Waals surface area contributed by atoms with E-state index in [4.69, 9.17) is 11.6 Å². The summed E-state index contributed by atoms with van der Waals surface area (Å²) in [6.45, 7) is 3.94. The van der Waals surface area contributed by atoms with E-state index in [2.05, 4.69) is 27.3 Å². The average Bonchev–Trinajstić information content (AvgIpc) is 3.00. The number of nitrogens with zero attached hydrogens (tertiary/aromatic N) is 4. The van der Waals surface area contributed by atoms with Crippen LogP contribution >= 0.6 is 11.6 Å². The van der Waals surface area contributed by atoms with E-state index in [0.717, 1.165) is 48.3 Å². The summed E-state index contributed by atoms with van der Waals surface area (Å²) in [6, 6.07) is 9.54. The van der Waals surface area contributed by atoms with Crippen molar-refractivity contribution in [3.8, 4) is 5.69 Å². The summed E-state index contributed by atoms with van der Waals surface area (Å²) < 4.78 is 1.78. The molecular weight excluding hydrogens is 362 g/mol. The standard InChI is InChI=1S/C20H22ClN5O/c1-13-18-11-14(20(27)23-16-7-9-25(2)10-8-16)12-22-19(18)26(24-13)17-5-3-15(21)4-6-17/h3-6,11-12,16H,7-10H2,1-2H3,(H,23,27). The molecule has 0 atom stereocenters. The topological polar surface area (TPSA) is 63.1 Å². The first-order valence-electron chi connectivity index (χ1n) is 9.12. The van der Waals surface area contributed by atoms with Crippen molar-refractivity contribution in [2.45, 2.75) is 25.8 Å². The SMILES string of the molecule is Cc1nn(-c2ccc(Cl)cc2)c2ncc(C(=O)NC3CCN(C)CC3)cc12. The molecule has 1 saturated heterocycles. The van der Waals surface area contributed by atoms with Gasteiger partial charge in [-0.1, -0.05) is 11.6 Å². The molecule has 1 aliphatic heterocycles. The number of halogens is 1. The first-order chi connectivity index (χ1) is 13.0. The van der Waals surface area contributed by atoms with Gasteiger partial charge in [-0.3, -0.25) is 4.79 Å². The minimum absolute atomic E-state index is 0.0717. The molecule has 0 bridgehead atoms. The first-order valence-corrected chi connectivity index (χ1v) is 9.50. The second-order valence-corrected chi connectivity index (χ2v) is 7.56. The molecule has 1 aromatic carbocycles. The molecule has 1 aliphatic rings. The number of likely N-dealkylation sites (tertiary alicyclic amines) is 1. The molecule has 0 saturated carbocycles. The molecule has 1 fully saturated rings. The molecule has 0 unspecified atom stereocenters.